The van der Waals surface area contributed by atoms with Crippen LogP contribution in [0.25, 0.3) is 0 Å². The molecular weight excluding hydrogens is 218 g/mol. The Hall–Kier alpha value is -0.900. The smallest absolute Gasteiger partial charge is 0.229 e. The van der Waals surface area contributed by atoms with Crippen molar-refractivity contribution < 1.29 is 14.7 Å². The zero-order valence-corrected chi connectivity index (χ0v) is 11.4. The molecule has 2 amide bonds. The standard InChI is InChI=1S/C13H23NO3/c1-12(2,3)9(15)8-14-10(16)6-13(4,5)7-11(14)17/h9,15H,6-8H2,1-5H3. The fourth-order valence-corrected chi connectivity index (χ4v) is 1.86. The summed E-state index contributed by atoms with van der Waals surface area (Å²) in [6.07, 6.45) is 0.0576. The van der Waals surface area contributed by atoms with Crippen LogP contribution in [0.2, 0.25) is 0 Å². The Bertz CT molecular complexity index is 308. The Balaban J connectivity index is 2.73. The summed E-state index contributed by atoms with van der Waals surface area (Å²) in [7, 11) is 0. The fourth-order valence-electron chi connectivity index (χ4n) is 1.86. The van der Waals surface area contributed by atoms with E-state index < -0.39 is 6.10 Å². The molecule has 1 saturated heterocycles. The monoisotopic (exact) mass is 241 g/mol. The summed E-state index contributed by atoms with van der Waals surface area (Å²) in [5, 5.41) is 9.96. The van der Waals surface area contributed by atoms with Crippen molar-refractivity contribution in [3.8, 4) is 0 Å². The summed E-state index contributed by atoms with van der Waals surface area (Å²) in [4.78, 5) is 25.0. The number of amides is 2. The van der Waals surface area contributed by atoms with Crippen molar-refractivity contribution in [1.82, 2.24) is 4.90 Å². The van der Waals surface area contributed by atoms with Gasteiger partial charge in [-0.15, -0.1) is 0 Å². The normalized spacial score (nSPS) is 22.8. The first kappa shape index (κ1) is 14.2. The second-order valence-electron chi connectivity index (χ2n) is 6.80. The van der Waals surface area contributed by atoms with Crippen LogP contribution >= 0.6 is 0 Å². The third-order valence-electron chi connectivity index (χ3n) is 3.22. The first-order valence-corrected chi connectivity index (χ1v) is 6.04. The minimum atomic E-state index is -0.684. The molecule has 4 heteroatoms. The Kier molecular flexibility index (Phi) is 3.67. The number of rotatable bonds is 2. The lowest BCUT2D eigenvalue weighted by molar-refractivity contribution is -0.155. The summed E-state index contributed by atoms with van der Waals surface area (Å²) in [6, 6.07) is 0. The van der Waals surface area contributed by atoms with Crippen LogP contribution in [0.15, 0.2) is 0 Å². The summed E-state index contributed by atoms with van der Waals surface area (Å²) in [5.41, 5.74) is -0.578. The molecule has 1 heterocycles. The molecule has 0 saturated carbocycles. The van der Waals surface area contributed by atoms with Crippen molar-refractivity contribution in [2.45, 2.75) is 53.6 Å². The maximum absolute atomic E-state index is 11.9. The maximum atomic E-state index is 11.9. The number of likely N-dealkylation sites (tertiary alicyclic amines) is 1. The molecular formula is C13H23NO3. The van der Waals surface area contributed by atoms with Crippen molar-refractivity contribution in [3.63, 3.8) is 0 Å². The van der Waals surface area contributed by atoms with Gasteiger partial charge in [0, 0.05) is 12.8 Å². The molecule has 98 valence electrons. The highest BCUT2D eigenvalue weighted by Gasteiger charge is 2.39. The van der Waals surface area contributed by atoms with Gasteiger partial charge in [0.25, 0.3) is 0 Å². The lowest BCUT2D eigenvalue weighted by Crippen LogP contribution is -2.50. The molecule has 17 heavy (non-hydrogen) atoms. The van der Waals surface area contributed by atoms with Crippen molar-refractivity contribution in [1.29, 1.82) is 0 Å². The molecule has 1 unspecified atom stereocenters. The van der Waals surface area contributed by atoms with E-state index >= 15 is 0 Å². The van der Waals surface area contributed by atoms with Gasteiger partial charge < -0.3 is 5.11 Å². The lowest BCUT2D eigenvalue weighted by atomic mass is 9.81. The van der Waals surface area contributed by atoms with E-state index in [0.717, 1.165) is 0 Å². The van der Waals surface area contributed by atoms with Crippen molar-refractivity contribution in [2.24, 2.45) is 10.8 Å². The van der Waals surface area contributed by atoms with Crippen LogP contribution in [0.1, 0.15) is 47.5 Å². The van der Waals surface area contributed by atoms with Crippen LogP contribution in [0.3, 0.4) is 0 Å². The number of aliphatic hydroxyl groups excluding tert-OH is 1. The number of hydrogen-bond donors (Lipinski definition) is 1. The highest BCUT2D eigenvalue weighted by molar-refractivity contribution is 5.98. The Labute approximate surface area is 103 Å². The highest BCUT2D eigenvalue weighted by atomic mass is 16.3. The van der Waals surface area contributed by atoms with Gasteiger partial charge in [0.05, 0.1) is 12.6 Å². The average Bonchev–Trinajstić information content (AvgIpc) is 2.07. The largest absolute Gasteiger partial charge is 0.391 e. The molecule has 0 aromatic carbocycles. The summed E-state index contributed by atoms with van der Waals surface area (Å²) >= 11 is 0. The quantitative estimate of drug-likeness (QED) is 0.747. The van der Waals surface area contributed by atoms with E-state index in [1.54, 1.807) is 0 Å². The van der Waals surface area contributed by atoms with E-state index in [4.69, 9.17) is 0 Å². The van der Waals surface area contributed by atoms with Gasteiger partial charge in [-0.05, 0) is 10.8 Å². The number of imide groups is 1. The fraction of sp³-hybridized carbons (Fsp3) is 0.846. The number of nitrogens with zero attached hydrogens (tertiary/aromatic N) is 1. The van der Waals surface area contributed by atoms with Gasteiger partial charge in [-0.25, -0.2) is 0 Å². The number of aliphatic hydroxyl groups is 1. The summed E-state index contributed by atoms with van der Waals surface area (Å²) < 4.78 is 0. The van der Waals surface area contributed by atoms with Crippen LogP contribution < -0.4 is 0 Å². The van der Waals surface area contributed by atoms with Gasteiger partial charge >= 0.3 is 0 Å². The molecule has 0 radical (unpaired) electrons. The van der Waals surface area contributed by atoms with Crippen molar-refractivity contribution >= 4 is 11.8 Å². The molecule has 0 aromatic rings. The number of hydrogen-bond acceptors (Lipinski definition) is 3. The second-order valence-corrected chi connectivity index (χ2v) is 6.80. The Morgan fingerprint density at radius 2 is 1.65 bits per heavy atom. The lowest BCUT2D eigenvalue weighted by Gasteiger charge is -2.37. The van der Waals surface area contributed by atoms with E-state index in [1.165, 1.54) is 4.90 Å². The Morgan fingerprint density at radius 1 is 1.24 bits per heavy atom. The zero-order chi connectivity index (χ0) is 13.4. The minimum Gasteiger partial charge on any atom is -0.391 e. The molecule has 1 fully saturated rings. The third-order valence-corrected chi connectivity index (χ3v) is 3.22. The minimum absolute atomic E-state index is 0.108. The molecule has 1 atom stereocenters. The van der Waals surface area contributed by atoms with E-state index in [-0.39, 0.29) is 29.2 Å². The van der Waals surface area contributed by atoms with Crippen LogP contribution in [-0.4, -0.2) is 34.5 Å². The van der Waals surface area contributed by atoms with Gasteiger partial charge in [-0.2, -0.15) is 0 Å². The van der Waals surface area contributed by atoms with E-state index in [2.05, 4.69) is 0 Å². The third kappa shape index (κ3) is 3.53. The molecule has 1 aliphatic rings. The van der Waals surface area contributed by atoms with Crippen LogP contribution in [0.5, 0.6) is 0 Å². The Morgan fingerprint density at radius 3 is 2.00 bits per heavy atom. The van der Waals surface area contributed by atoms with Crippen molar-refractivity contribution in [3.05, 3.63) is 0 Å². The molecule has 1 rings (SSSR count). The molecule has 0 aliphatic carbocycles. The predicted molar refractivity (Wildman–Crippen MR) is 65.2 cm³/mol. The van der Waals surface area contributed by atoms with E-state index in [0.29, 0.717) is 12.8 Å². The van der Waals surface area contributed by atoms with Crippen LogP contribution in [0.4, 0.5) is 0 Å². The molecule has 4 nitrogen and oxygen atoms in total. The number of β-amino-alcohol motifs (C(OH)–C–C–N with tert-alkyl or cyclic N) is 1. The first-order valence-electron chi connectivity index (χ1n) is 6.04. The molecule has 1 aliphatic heterocycles. The number of carbonyl (C=O) groups excluding carboxylic acids is 2. The number of carbonyl (C=O) groups is 2. The highest BCUT2D eigenvalue weighted by Crippen LogP contribution is 2.32. The number of piperidine rings is 1. The van der Waals surface area contributed by atoms with Crippen LogP contribution in [0, 0.1) is 10.8 Å². The first-order chi connectivity index (χ1) is 7.53. The average molecular weight is 241 g/mol. The van der Waals surface area contributed by atoms with Gasteiger partial charge in [0.1, 0.15) is 0 Å². The second kappa shape index (κ2) is 4.41. The van der Waals surface area contributed by atoms with Crippen molar-refractivity contribution in [2.75, 3.05) is 6.54 Å². The summed E-state index contributed by atoms with van der Waals surface area (Å²) in [5.74, 6) is -0.343. The maximum Gasteiger partial charge on any atom is 0.229 e. The van der Waals surface area contributed by atoms with Gasteiger partial charge in [-0.3, -0.25) is 14.5 Å². The van der Waals surface area contributed by atoms with Gasteiger partial charge in [0.15, 0.2) is 0 Å². The topological polar surface area (TPSA) is 57.6 Å². The van der Waals surface area contributed by atoms with E-state index in [9.17, 15) is 14.7 Å². The van der Waals surface area contributed by atoms with E-state index in [1.807, 2.05) is 34.6 Å². The van der Waals surface area contributed by atoms with Gasteiger partial charge in [-0.1, -0.05) is 34.6 Å². The summed E-state index contributed by atoms with van der Waals surface area (Å²) in [6.45, 7) is 9.61. The zero-order valence-electron chi connectivity index (χ0n) is 11.4. The molecule has 0 spiro atoms. The van der Waals surface area contributed by atoms with Gasteiger partial charge in [0.2, 0.25) is 11.8 Å². The molecule has 0 aromatic heterocycles. The van der Waals surface area contributed by atoms with Crippen LogP contribution in [-0.2, 0) is 9.59 Å². The molecule has 0 bridgehead atoms. The molecule has 1 N–H and O–H groups in total. The SMILES string of the molecule is CC1(C)CC(=O)N(CC(O)C(C)(C)C)C(=O)C1. The predicted octanol–water partition coefficient (Wildman–Crippen LogP) is 1.57.